The molecule has 2 nitrogen and oxygen atoms in total. The zero-order valence-electron chi connectivity index (χ0n) is 9.07. The minimum absolute atomic E-state index is 0.360. The number of ether oxygens (including phenoxy) is 1. The minimum Gasteiger partial charge on any atom is -0.380 e. The predicted molar refractivity (Wildman–Crippen MR) is 50.3 cm³/mol. The van der Waals surface area contributed by atoms with Gasteiger partial charge in [-0.1, -0.05) is 0 Å². The third kappa shape index (κ3) is 1.58. The number of hydrogen-bond acceptors (Lipinski definition) is 2. The molecule has 0 aromatic rings. The van der Waals surface area contributed by atoms with Crippen molar-refractivity contribution >= 4 is 11.6 Å². The van der Waals surface area contributed by atoms with Crippen molar-refractivity contribution in [3.05, 3.63) is 0 Å². The lowest BCUT2D eigenvalue weighted by atomic mass is 9.82. The summed E-state index contributed by atoms with van der Waals surface area (Å²) in [6.45, 7) is 0. The first-order valence-corrected chi connectivity index (χ1v) is 5.58. The molecule has 4 unspecified atom stereocenters. The monoisotopic (exact) mass is 297 g/mol. The zero-order chi connectivity index (χ0) is 13.9. The van der Waals surface area contributed by atoms with Crippen LogP contribution in [0.1, 0.15) is 6.42 Å². The Morgan fingerprint density at radius 1 is 1.17 bits per heavy atom. The van der Waals surface area contributed by atoms with Crippen LogP contribution < -0.4 is 5.32 Å². The summed E-state index contributed by atoms with van der Waals surface area (Å²) in [6.07, 6.45) is -12.0. The molecule has 1 heterocycles. The zero-order valence-corrected chi connectivity index (χ0v) is 9.83. The molecule has 1 saturated heterocycles. The van der Waals surface area contributed by atoms with Crippen LogP contribution in [0.2, 0.25) is 0 Å². The Hall–Kier alpha value is -0.210. The van der Waals surface area contributed by atoms with E-state index in [2.05, 4.69) is 0 Å². The molecule has 0 radical (unpaired) electrons. The van der Waals surface area contributed by atoms with Crippen LogP contribution in [0.4, 0.5) is 26.3 Å². The average Bonchev–Trinajstić information content (AvgIpc) is 2.67. The molecule has 0 amide bonds. The summed E-state index contributed by atoms with van der Waals surface area (Å²) in [5.41, 5.74) is -3.92. The Kier molecular flexibility index (Phi) is 3.07. The molecule has 1 N–H and O–H groups in total. The van der Waals surface area contributed by atoms with Crippen molar-refractivity contribution in [1.82, 2.24) is 5.32 Å². The van der Waals surface area contributed by atoms with Crippen molar-refractivity contribution in [1.29, 1.82) is 0 Å². The highest BCUT2D eigenvalue weighted by molar-refractivity contribution is 6.22. The van der Waals surface area contributed by atoms with Crippen LogP contribution >= 0.6 is 11.6 Å². The first kappa shape index (κ1) is 14.2. The summed E-state index contributed by atoms with van der Waals surface area (Å²) in [6, 6.07) is -1.15. The highest BCUT2D eigenvalue weighted by Crippen LogP contribution is 2.58. The maximum atomic E-state index is 12.9. The fourth-order valence-electron chi connectivity index (χ4n) is 2.93. The molecule has 106 valence electrons. The van der Waals surface area contributed by atoms with Crippen molar-refractivity contribution in [3.63, 3.8) is 0 Å². The second-order valence-electron chi connectivity index (χ2n) is 4.53. The molecular formula is C9H10ClF6NO. The smallest absolute Gasteiger partial charge is 0.380 e. The van der Waals surface area contributed by atoms with Crippen molar-refractivity contribution in [2.75, 3.05) is 7.11 Å². The molecule has 4 atom stereocenters. The first-order valence-electron chi connectivity index (χ1n) is 5.14. The topological polar surface area (TPSA) is 21.3 Å². The molecule has 18 heavy (non-hydrogen) atoms. The van der Waals surface area contributed by atoms with Crippen LogP contribution in [-0.2, 0) is 4.74 Å². The third-order valence-electron chi connectivity index (χ3n) is 3.76. The van der Waals surface area contributed by atoms with Gasteiger partial charge in [0.1, 0.15) is 0 Å². The van der Waals surface area contributed by atoms with Gasteiger partial charge in [0.15, 0.2) is 0 Å². The van der Waals surface area contributed by atoms with Gasteiger partial charge in [0.2, 0.25) is 5.54 Å². The lowest BCUT2D eigenvalue weighted by Gasteiger charge is -2.42. The van der Waals surface area contributed by atoms with E-state index in [0.29, 0.717) is 0 Å². The standard InChI is InChI=1S/C9H10ClF6NO/c1-18-4-2-3-5(10)6(4)17-7(3,8(11,12)13)9(14,15)16/h3-6,17H,2H2,1H3. The Balaban J connectivity index is 2.44. The molecule has 0 spiro atoms. The Morgan fingerprint density at radius 2 is 1.67 bits per heavy atom. The van der Waals surface area contributed by atoms with Gasteiger partial charge in [-0.2, -0.15) is 26.3 Å². The van der Waals surface area contributed by atoms with Gasteiger partial charge in [-0.05, 0) is 6.42 Å². The molecular weight excluding hydrogens is 288 g/mol. The largest absolute Gasteiger partial charge is 0.415 e. The number of piperidine rings is 1. The maximum Gasteiger partial charge on any atom is 0.415 e. The number of nitrogens with one attached hydrogen (secondary N) is 1. The van der Waals surface area contributed by atoms with Crippen LogP contribution in [0.3, 0.4) is 0 Å². The summed E-state index contributed by atoms with van der Waals surface area (Å²) in [5, 5.41) is 0.376. The Labute approximate surface area is 104 Å². The molecule has 1 aliphatic carbocycles. The summed E-state index contributed by atoms with van der Waals surface area (Å²) in [4.78, 5) is 0. The van der Waals surface area contributed by atoms with Gasteiger partial charge in [0, 0.05) is 13.0 Å². The summed E-state index contributed by atoms with van der Waals surface area (Å²) < 4.78 is 82.2. The molecule has 0 aromatic heterocycles. The van der Waals surface area contributed by atoms with Gasteiger partial charge in [0.25, 0.3) is 0 Å². The fourth-order valence-corrected chi connectivity index (χ4v) is 3.45. The highest BCUT2D eigenvalue weighted by atomic mass is 35.5. The SMILES string of the molecule is COC1CC2C(Cl)C1NC2(C(F)(F)F)C(F)(F)F. The molecule has 2 aliphatic rings. The van der Waals surface area contributed by atoms with E-state index in [1.54, 1.807) is 5.32 Å². The quantitative estimate of drug-likeness (QED) is 0.593. The molecule has 2 bridgehead atoms. The number of fused-ring (bicyclic) bond motifs is 2. The van der Waals surface area contributed by atoms with E-state index in [4.69, 9.17) is 16.3 Å². The summed E-state index contributed by atoms with van der Waals surface area (Å²) in [5.74, 6) is -1.77. The van der Waals surface area contributed by atoms with Crippen LogP contribution in [0.15, 0.2) is 0 Å². The normalized spacial score (nSPS) is 39.3. The van der Waals surface area contributed by atoms with Gasteiger partial charge < -0.3 is 4.74 Å². The van der Waals surface area contributed by atoms with E-state index >= 15 is 0 Å². The van der Waals surface area contributed by atoms with E-state index < -0.39 is 41.3 Å². The van der Waals surface area contributed by atoms with Crippen LogP contribution in [0, 0.1) is 5.92 Å². The summed E-state index contributed by atoms with van der Waals surface area (Å²) in [7, 11) is 1.24. The van der Waals surface area contributed by atoms with Crippen molar-refractivity contribution in [3.8, 4) is 0 Å². The van der Waals surface area contributed by atoms with E-state index in [-0.39, 0.29) is 6.42 Å². The fraction of sp³-hybridized carbons (Fsp3) is 1.00. The van der Waals surface area contributed by atoms with Crippen molar-refractivity contribution in [2.24, 2.45) is 5.92 Å². The van der Waals surface area contributed by atoms with Gasteiger partial charge >= 0.3 is 12.4 Å². The molecule has 1 saturated carbocycles. The molecule has 0 aromatic carbocycles. The average molecular weight is 298 g/mol. The number of halogens is 7. The number of methoxy groups -OCH3 is 1. The lowest BCUT2D eigenvalue weighted by molar-refractivity contribution is -0.321. The highest BCUT2D eigenvalue weighted by Gasteiger charge is 2.81. The molecule has 9 heteroatoms. The lowest BCUT2D eigenvalue weighted by Crippen LogP contribution is -2.70. The van der Waals surface area contributed by atoms with E-state index in [1.807, 2.05) is 0 Å². The second-order valence-corrected chi connectivity index (χ2v) is 5.04. The van der Waals surface area contributed by atoms with Gasteiger partial charge in [-0.25, -0.2) is 0 Å². The maximum absolute atomic E-state index is 12.9. The van der Waals surface area contributed by atoms with Gasteiger partial charge in [-0.3, -0.25) is 5.32 Å². The number of rotatable bonds is 1. The van der Waals surface area contributed by atoms with E-state index in [9.17, 15) is 26.3 Å². The van der Waals surface area contributed by atoms with Crippen LogP contribution in [-0.4, -0.2) is 42.5 Å². The first-order chi connectivity index (χ1) is 8.06. The molecule has 2 fully saturated rings. The van der Waals surface area contributed by atoms with E-state index in [0.717, 1.165) is 0 Å². The molecule has 1 aliphatic heterocycles. The van der Waals surface area contributed by atoms with Crippen molar-refractivity contribution in [2.45, 2.75) is 41.8 Å². The molecule has 2 rings (SSSR count). The van der Waals surface area contributed by atoms with E-state index in [1.165, 1.54) is 7.11 Å². The van der Waals surface area contributed by atoms with Gasteiger partial charge in [-0.15, -0.1) is 11.6 Å². The Bertz CT molecular complexity index is 329. The van der Waals surface area contributed by atoms with Crippen molar-refractivity contribution < 1.29 is 31.1 Å². The van der Waals surface area contributed by atoms with Gasteiger partial charge in [0.05, 0.1) is 17.5 Å². The Morgan fingerprint density at radius 3 is 1.94 bits per heavy atom. The second kappa shape index (κ2) is 3.89. The summed E-state index contributed by atoms with van der Waals surface area (Å²) >= 11 is 5.70. The number of hydrogen-bond donors (Lipinski definition) is 1. The van der Waals surface area contributed by atoms with Crippen LogP contribution in [0.5, 0.6) is 0 Å². The number of alkyl halides is 7. The predicted octanol–water partition coefficient (Wildman–Crippen LogP) is 2.46. The minimum atomic E-state index is -5.45. The third-order valence-corrected chi connectivity index (χ3v) is 4.34. The van der Waals surface area contributed by atoms with Crippen LogP contribution in [0.25, 0.3) is 0 Å².